The largest absolute Gasteiger partial charge is 0.298 e. The summed E-state index contributed by atoms with van der Waals surface area (Å²) >= 11 is 7.31. The van der Waals surface area contributed by atoms with Gasteiger partial charge in [-0.25, -0.2) is 4.98 Å². The molecule has 0 unspecified atom stereocenters. The Morgan fingerprint density at radius 2 is 2.05 bits per heavy atom. The number of amides is 1. The molecule has 106 valence electrons. The average molecular weight is 318 g/mol. The van der Waals surface area contributed by atoms with Gasteiger partial charge in [-0.15, -0.1) is 0 Å². The molecule has 1 aromatic carbocycles. The Kier molecular flexibility index (Phi) is 3.61. The smallest absolute Gasteiger partial charge is 0.257 e. The number of nitrogens with one attached hydrogen (secondary N) is 1. The number of aromatic nitrogens is 2. The van der Waals surface area contributed by atoms with E-state index < -0.39 is 0 Å². The first kappa shape index (κ1) is 14.0. The normalized spacial score (nSPS) is 10.8. The van der Waals surface area contributed by atoms with Crippen LogP contribution in [-0.2, 0) is 0 Å². The van der Waals surface area contributed by atoms with Crippen molar-refractivity contribution in [1.82, 2.24) is 9.97 Å². The maximum absolute atomic E-state index is 12.2. The molecule has 0 bridgehead atoms. The van der Waals surface area contributed by atoms with Gasteiger partial charge in [-0.05, 0) is 43.7 Å². The number of hydrogen-bond acceptors (Lipinski definition) is 4. The fourth-order valence-electron chi connectivity index (χ4n) is 2.08. The van der Waals surface area contributed by atoms with Crippen LogP contribution in [0.3, 0.4) is 0 Å². The molecule has 2 aromatic heterocycles. The van der Waals surface area contributed by atoms with Gasteiger partial charge in [0.1, 0.15) is 0 Å². The number of aryl methyl sites for hydroxylation is 2. The Morgan fingerprint density at radius 3 is 2.81 bits per heavy atom. The predicted octanol–water partition coefficient (Wildman–Crippen LogP) is 4.21. The maximum Gasteiger partial charge on any atom is 0.257 e. The van der Waals surface area contributed by atoms with Crippen LogP contribution >= 0.6 is 22.9 Å². The summed E-state index contributed by atoms with van der Waals surface area (Å²) in [5.74, 6) is -0.231. The second-order valence-corrected chi connectivity index (χ2v) is 6.15. The summed E-state index contributed by atoms with van der Waals surface area (Å²) in [5.41, 5.74) is 3.19. The Morgan fingerprint density at radius 1 is 1.24 bits per heavy atom. The maximum atomic E-state index is 12.2. The number of pyridine rings is 1. The number of halogens is 1. The minimum Gasteiger partial charge on any atom is -0.298 e. The predicted molar refractivity (Wildman–Crippen MR) is 86.3 cm³/mol. The average Bonchev–Trinajstić information content (AvgIpc) is 2.81. The van der Waals surface area contributed by atoms with Gasteiger partial charge in [0.2, 0.25) is 0 Å². The number of hydrogen-bond donors (Lipinski definition) is 1. The van der Waals surface area contributed by atoms with E-state index in [1.165, 1.54) is 11.3 Å². The van der Waals surface area contributed by atoms with E-state index in [1.54, 1.807) is 24.3 Å². The first-order chi connectivity index (χ1) is 10.0. The lowest BCUT2D eigenvalue weighted by Crippen LogP contribution is -2.11. The fraction of sp³-hybridized carbons (Fsp3) is 0.133. The Bertz CT molecular complexity index is 844. The van der Waals surface area contributed by atoms with Crippen LogP contribution in [0.4, 0.5) is 5.13 Å². The van der Waals surface area contributed by atoms with Crippen LogP contribution in [0.15, 0.2) is 30.3 Å². The van der Waals surface area contributed by atoms with E-state index in [0.29, 0.717) is 21.4 Å². The molecule has 0 aliphatic rings. The molecule has 4 nitrogen and oxygen atoms in total. The van der Waals surface area contributed by atoms with E-state index >= 15 is 0 Å². The van der Waals surface area contributed by atoms with Crippen molar-refractivity contribution in [1.29, 1.82) is 0 Å². The molecule has 0 aliphatic heterocycles. The lowest BCUT2D eigenvalue weighted by atomic mass is 10.2. The Balaban J connectivity index is 1.91. The van der Waals surface area contributed by atoms with Crippen LogP contribution in [0, 0.1) is 13.8 Å². The lowest BCUT2D eigenvalue weighted by molar-refractivity contribution is 0.102. The van der Waals surface area contributed by atoms with Crippen molar-refractivity contribution in [3.8, 4) is 0 Å². The third-order valence-electron chi connectivity index (χ3n) is 2.98. The van der Waals surface area contributed by atoms with Crippen LogP contribution in [0.5, 0.6) is 0 Å². The van der Waals surface area contributed by atoms with Crippen molar-refractivity contribution >= 4 is 44.3 Å². The molecule has 0 fully saturated rings. The third-order valence-corrected chi connectivity index (χ3v) is 4.31. The van der Waals surface area contributed by atoms with E-state index in [4.69, 9.17) is 11.6 Å². The number of anilines is 1. The summed E-state index contributed by atoms with van der Waals surface area (Å²) in [7, 11) is 0. The van der Waals surface area contributed by atoms with Gasteiger partial charge < -0.3 is 0 Å². The van der Waals surface area contributed by atoms with Crippen LogP contribution in [0.25, 0.3) is 10.3 Å². The topological polar surface area (TPSA) is 54.9 Å². The van der Waals surface area contributed by atoms with Gasteiger partial charge in [0.15, 0.2) is 10.8 Å². The Hall–Kier alpha value is -1.98. The molecule has 0 radical (unpaired) electrons. The number of rotatable bonds is 2. The zero-order valence-electron chi connectivity index (χ0n) is 11.5. The first-order valence-corrected chi connectivity index (χ1v) is 7.54. The van der Waals surface area contributed by atoms with Crippen molar-refractivity contribution in [2.75, 3.05) is 5.32 Å². The highest BCUT2D eigenvalue weighted by Gasteiger charge is 2.12. The van der Waals surface area contributed by atoms with Crippen molar-refractivity contribution in [2.24, 2.45) is 0 Å². The minimum atomic E-state index is -0.231. The number of carbonyl (C=O) groups is 1. The van der Waals surface area contributed by atoms with Crippen LogP contribution < -0.4 is 5.32 Å². The summed E-state index contributed by atoms with van der Waals surface area (Å²) in [6, 6.07) is 8.81. The zero-order chi connectivity index (χ0) is 15.0. The molecule has 0 atom stereocenters. The summed E-state index contributed by atoms with van der Waals surface area (Å²) in [6.45, 7) is 3.94. The number of benzene rings is 1. The van der Waals surface area contributed by atoms with Gasteiger partial charge in [0.05, 0.1) is 4.70 Å². The molecule has 0 spiro atoms. The molecule has 0 saturated heterocycles. The minimum absolute atomic E-state index is 0.231. The number of nitrogens with zero attached hydrogens (tertiary/aromatic N) is 2. The molecule has 1 N–H and O–H groups in total. The van der Waals surface area contributed by atoms with Crippen LogP contribution in [-0.4, -0.2) is 15.9 Å². The molecule has 0 saturated carbocycles. The molecule has 6 heteroatoms. The molecule has 2 heterocycles. The standard InChI is InChI=1S/C15H12ClN3OS/c1-8-6-9(2)17-13-12(8)21-15(18-13)19-14(20)10-4-3-5-11(16)7-10/h3-7H,1-2H3,(H,17,18,19,20). The zero-order valence-corrected chi connectivity index (χ0v) is 13.0. The van der Waals surface area contributed by atoms with E-state index in [9.17, 15) is 4.79 Å². The van der Waals surface area contributed by atoms with E-state index in [2.05, 4.69) is 15.3 Å². The quantitative estimate of drug-likeness (QED) is 0.770. The molecule has 3 rings (SSSR count). The van der Waals surface area contributed by atoms with Crippen molar-refractivity contribution in [3.63, 3.8) is 0 Å². The highest BCUT2D eigenvalue weighted by Crippen LogP contribution is 2.28. The lowest BCUT2D eigenvalue weighted by Gasteiger charge is -2.01. The second kappa shape index (κ2) is 5.42. The van der Waals surface area contributed by atoms with Gasteiger partial charge in [0.25, 0.3) is 5.91 Å². The molecule has 0 aliphatic carbocycles. The monoisotopic (exact) mass is 317 g/mol. The van der Waals surface area contributed by atoms with Crippen molar-refractivity contribution < 1.29 is 4.79 Å². The summed E-state index contributed by atoms with van der Waals surface area (Å²) in [5, 5.41) is 3.86. The van der Waals surface area contributed by atoms with Gasteiger partial charge >= 0.3 is 0 Å². The third kappa shape index (κ3) is 2.89. The van der Waals surface area contributed by atoms with E-state index in [1.807, 2.05) is 19.9 Å². The molecule has 1 amide bonds. The molecular weight excluding hydrogens is 306 g/mol. The van der Waals surface area contributed by atoms with Crippen LogP contribution in [0.2, 0.25) is 5.02 Å². The molecule has 21 heavy (non-hydrogen) atoms. The number of carbonyl (C=O) groups excluding carboxylic acids is 1. The number of fused-ring (bicyclic) bond motifs is 1. The fourth-order valence-corrected chi connectivity index (χ4v) is 3.14. The van der Waals surface area contributed by atoms with Crippen molar-refractivity contribution in [2.45, 2.75) is 13.8 Å². The summed E-state index contributed by atoms with van der Waals surface area (Å²) in [4.78, 5) is 20.9. The van der Waals surface area contributed by atoms with Gasteiger partial charge in [-0.1, -0.05) is 29.0 Å². The first-order valence-electron chi connectivity index (χ1n) is 6.34. The SMILES string of the molecule is Cc1cc(C)c2sc(NC(=O)c3cccc(Cl)c3)nc2n1. The van der Waals surface area contributed by atoms with E-state index in [-0.39, 0.29) is 5.91 Å². The molecular formula is C15H12ClN3OS. The van der Waals surface area contributed by atoms with Gasteiger partial charge in [-0.2, -0.15) is 4.98 Å². The van der Waals surface area contributed by atoms with Gasteiger partial charge in [-0.3, -0.25) is 10.1 Å². The van der Waals surface area contributed by atoms with Gasteiger partial charge in [0, 0.05) is 16.3 Å². The molecule has 3 aromatic rings. The Labute approximate surface area is 130 Å². The van der Waals surface area contributed by atoms with E-state index in [0.717, 1.165) is 16.0 Å². The highest BCUT2D eigenvalue weighted by atomic mass is 35.5. The highest BCUT2D eigenvalue weighted by molar-refractivity contribution is 7.22. The van der Waals surface area contributed by atoms with Crippen LogP contribution in [0.1, 0.15) is 21.6 Å². The second-order valence-electron chi connectivity index (χ2n) is 4.72. The number of thiazole rings is 1. The summed E-state index contributed by atoms with van der Waals surface area (Å²) in [6.07, 6.45) is 0. The van der Waals surface area contributed by atoms with Crippen molar-refractivity contribution in [3.05, 3.63) is 52.2 Å². The summed E-state index contributed by atoms with van der Waals surface area (Å²) < 4.78 is 0.988.